The molecule has 2 aromatic rings. The van der Waals surface area contributed by atoms with E-state index in [1.54, 1.807) is 14.2 Å². The summed E-state index contributed by atoms with van der Waals surface area (Å²) in [4.78, 5) is 11.0. The molecule has 0 bridgehead atoms. The number of amides is 1. The van der Waals surface area contributed by atoms with Crippen LogP contribution in [0.3, 0.4) is 0 Å². The molecule has 0 heterocycles. The predicted molar refractivity (Wildman–Crippen MR) is 87.6 cm³/mol. The van der Waals surface area contributed by atoms with Gasteiger partial charge in [-0.25, -0.2) is 0 Å². The molecule has 0 fully saturated rings. The number of carbonyl (C=O) groups excluding carboxylic acids is 1. The van der Waals surface area contributed by atoms with E-state index in [1.807, 2.05) is 42.5 Å². The first-order valence-electron chi connectivity index (χ1n) is 6.95. The number of hydrogen-bond donors (Lipinski definition) is 2. The summed E-state index contributed by atoms with van der Waals surface area (Å²) in [6.07, 6.45) is 0. The lowest BCUT2D eigenvalue weighted by molar-refractivity contribution is -0.114. The maximum absolute atomic E-state index is 11.0. The largest absolute Gasteiger partial charge is 0.493 e. The Hall–Kier alpha value is -2.69. The number of nitrogens with one attached hydrogen (secondary N) is 2. The first-order chi connectivity index (χ1) is 10.6. The van der Waals surface area contributed by atoms with Gasteiger partial charge in [-0.15, -0.1) is 0 Å². The van der Waals surface area contributed by atoms with Crippen LogP contribution in [0.1, 0.15) is 12.5 Å². The fourth-order valence-electron chi connectivity index (χ4n) is 2.07. The van der Waals surface area contributed by atoms with Crippen molar-refractivity contribution in [1.29, 1.82) is 0 Å². The second-order valence-electron chi connectivity index (χ2n) is 4.80. The minimum atomic E-state index is -0.0777. The molecule has 2 N–H and O–H groups in total. The van der Waals surface area contributed by atoms with Gasteiger partial charge in [0.25, 0.3) is 0 Å². The van der Waals surface area contributed by atoms with Crippen LogP contribution in [0.5, 0.6) is 11.5 Å². The van der Waals surface area contributed by atoms with Gasteiger partial charge in [0.2, 0.25) is 5.91 Å². The van der Waals surface area contributed by atoms with E-state index in [1.165, 1.54) is 6.92 Å². The molecule has 116 valence electrons. The molecule has 0 aromatic heterocycles. The van der Waals surface area contributed by atoms with Crippen molar-refractivity contribution < 1.29 is 14.3 Å². The Balaban J connectivity index is 1.99. The summed E-state index contributed by atoms with van der Waals surface area (Å²) in [5.74, 6) is 1.35. The highest BCUT2D eigenvalue weighted by atomic mass is 16.5. The summed E-state index contributed by atoms with van der Waals surface area (Å²) in [5.41, 5.74) is 2.84. The van der Waals surface area contributed by atoms with Crippen LogP contribution in [0.4, 0.5) is 11.4 Å². The number of hydrogen-bond acceptors (Lipinski definition) is 4. The van der Waals surface area contributed by atoms with Crippen molar-refractivity contribution >= 4 is 17.3 Å². The van der Waals surface area contributed by atoms with Crippen molar-refractivity contribution in [2.45, 2.75) is 13.5 Å². The molecule has 1 amide bonds. The highest BCUT2D eigenvalue weighted by Gasteiger charge is 2.04. The zero-order valence-corrected chi connectivity index (χ0v) is 13.0. The Morgan fingerprint density at radius 2 is 1.59 bits per heavy atom. The predicted octanol–water partition coefficient (Wildman–Crippen LogP) is 3.27. The molecule has 5 nitrogen and oxygen atoms in total. The first kappa shape index (κ1) is 15.7. The molecular formula is C17H20N2O3. The molecule has 0 unspecified atom stereocenters. The van der Waals surface area contributed by atoms with E-state index in [9.17, 15) is 4.79 Å². The third kappa shape index (κ3) is 4.15. The molecule has 0 atom stereocenters. The minimum absolute atomic E-state index is 0.0777. The monoisotopic (exact) mass is 300 g/mol. The van der Waals surface area contributed by atoms with Crippen molar-refractivity contribution in [2.24, 2.45) is 0 Å². The molecule has 0 saturated heterocycles. The van der Waals surface area contributed by atoms with Crippen LogP contribution in [-0.2, 0) is 11.3 Å². The van der Waals surface area contributed by atoms with E-state index in [-0.39, 0.29) is 5.91 Å². The lowest BCUT2D eigenvalue weighted by Gasteiger charge is -2.11. The lowest BCUT2D eigenvalue weighted by Crippen LogP contribution is -2.05. The maximum atomic E-state index is 11.0. The van der Waals surface area contributed by atoms with E-state index in [0.717, 1.165) is 16.9 Å². The molecule has 5 heteroatoms. The van der Waals surface area contributed by atoms with Gasteiger partial charge < -0.3 is 20.1 Å². The Kier molecular flexibility index (Phi) is 5.25. The van der Waals surface area contributed by atoms with Crippen LogP contribution in [0.25, 0.3) is 0 Å². The maximum Gasteiger partial charge on any atom is 0.221 e. The second kappa shape index (κ2) is 7.36. The third-order valence-electron chi connectivity index (χ3n) is 3.15. The summed E-state index contributed by atoms with van der Waals surface area (Å²) in [6.45, 7) is 2.16. The van der Waals surface area contributed by atoms with Crippen molar-refractivity contribution in [1.82, 2.24) is 0 Å². The van der Waals surface area contributed by atoms with Crippen LogP contribution >= 0.6 is 0 Å². The quantitative estimate of drug-likeness (QED) is 0.859. The average molecular weight is 300 g/mol. The normalized spacial score (nSPS) is 9.95. The van der Waals surface area contributed by atoms with Crippen LogP contribution in [0.15, 0.2) is 42.5 Å². The molecule has 0 saturated carbocycles. The Morgan fingerprint density at radius 3 is 2.18 bits per heavy atom. The zero-order valence-electron chi connectivity index (χ0n) is 13.0. The summed E-state index contributed by atoms with van der Waals surface area (Å²) in [7, 11) is 3.24. The van der Waals surface area contributed by atoms with E-state index >= 15 is 0 Å². The first-order valence-corrected chi connectivity index (χ1v) is 6.95. The molecular weight excluding hydrogens is 280 g/mol. The van der Waals surface area contributed by atoms with E-state index in [2.05, 4.69) is 10.6 Å². The third-order valence-corrected chi connectivity index (χ3v) is 3.15. The van der Waals surface area contributed by atoms with Crippen LogP contribution in [0, 0.1) is 0 Å². The number of benzene rings is 2. The van der Waals surface area contributed by atoms with Gasteiger partial charge in [-0.3, -0.25) is 4.79 Å². The standard InChI is InChI=1S/C17H20N2O3/c1-12(20)19-15-7-5-14(6-8-15)18-11-13-4-9-16(21-2)17(10-13)22-3/h4-10,18H,11H2,1-3H3,(H,19,20). The Labute approximate surface area is 130 Å². The number of anilines is 2. The fourth-order valence-corrected chi connectivity index (χ4v) is 2.07. The molecule has 2 rings (SSSR count). The van der Waals surface area contributed by atoms with Gasteiger partial charge in [-0.1, -0.05) is 6.07 Å². The summed E-state index contributed by atoms with van der Waals surface area (Å²) in [6, 6.07) is 13.4. The molecule has 0 aliphatic carbocycles. The van der Waals surface area contributed by atoms with Gasteiger partial charge in [0.1, 0.15) is 0 Å². The summed E-state index contributed by atoms with van der Waals surface area (Å²) < 4.78 is 10.5. The molecule has 22 heavy (non-hydrogen) atoms. The van der Waals surface area contributed by atoms with Gasteiger partial charge in [0.05, 0.1) is 14.2 Å². The number of carbonyl (C=O) groups is 1. The SMILES string of the molecule is COc1ccc(CNc2ccc(NC(C)=O)cc2)cc1OC. The van der Waals surface area contributed by atoms with Gasteiger partial charge in [-0.2, -0.15) is 0 Å². The zero-order chi connectivity index (χ0) is 15.9. The van der Waals surface area contributed by atoms with Crippen LogP contribution < -0.4 is 20.1 Å². The topological polar surface area (TPSA) is 59.6 Å². The average Bonchev–Trinajstić information content (AvgIpc) is 2.53. The molecule has 0 radical (unpaired) electrons. The summed E-state index contributed by atoms with van der Waals surface area (Å²) in [5, 5.41) is 6.06. The molecule has 0 spiro atoms. The minimum Gasteiger partial charge on any atom is -0.493 e. The number of rotatable bonds is 6. The van der Waals surface area contributed by atoms with E-state index < -0.39 is 0 Å². The number of ether oxygens (including phenoxy) is 2. The van der Waals surface area contributed by atoms with Crippen LogP contribution in [-0.4, -0.2) is 20.1 Å². The van der Waals surface area contributed by atoms with Gasteiger partial charge in [0, 0.05) is 24.8 Å². The fraction of sp³-hybridized carbons (Fsp3) is 0.235. The van der Waals surface area contributed by atoms with Gasteiger partial charge in [-0.05, 0) is 42.0 Å². The molecule has 0 aliphatic rings. The molecule has 0 aliphatic heterocycles. The Morgan fingerprint density at radius 1 is 0.955 bits per heavy atom. The van der Waals surface area contributed by atoms with Crippen molar-refractivity contribution in [3.63, 3.8) is 0 Å². The molecule has 2 aromatic carbocycles. The lowest BCUT2D eigenvalue weighted by atomic mass is 10.2. The second-order valence-corrected chi connectivity index (χ2v) is 4.80. The van der Waals surface area contributed by atoms with Gasteiger partial charge in [0.15, 0.2) is 11.5 Å². The summed E-state index contributed by atoms with van der Waals surface area (Å²) >= 11 is 0. The van der Waals surface area contributed by atoms with Crippen LogP contribution in [0.2, 0.25) is 0 Å². The van der Waals surface area contributed by atoms with Crippen molar-refractivity contribution in [2.75, 3.05) is 24.9 Å². The van der Waals surface area contributed by atoms with Crippen molar-refractivity contribution in [3.8, 4) is 11.5 Å². The highest BCUT2D eigenvalue weighted by molar-refractivity contribution is 5.88. The smallest absolute Gasteiger partial charge is 0.221 e. The van der Waals surface area contributed by atoms with Gasteiger partial charge >= 0.3 is 0 Å². The Bertz CT molecular complexity index is 639. The van der Waals surface area contributed by atoms with E-state index in [0.29, 0.717) is 18.0 Å². The van der Waals surface area contributed by atoms with E-state index in [4.69, 9.17) is 9.47 Å². The van der Waals surface area contributed by atoms with Crippen molar-refractivity contribution in [3.05, 3.63) is 48.0 Å². The number of methoxy groups -OCH3 is 2. The highest BCUT2D eigenvalue weighted by Crippen LogP contribution is 2.27.